The van der Waals surface area contributed by atoms with E-state index >= 15 is 0 Å². The van der Waals surface area contributed by atoms with Crippen molar-refractivity contribution in [2.45, 2.75) is 183 Å². The molecule has 0 aromatic rings. The lowest BCUT2D eigenvalue weighted by molar-refractivity contribution is -0.147. The third-order valence-corrected chi connectivity index (χ3v) is 11.4. The van der Waals surface area contributed by atoms with Crippen LogP contribution in [0.15, 0.2) is 24.3 Å². The summed E-state index contributed by atoms with van der Waals surface area (Å²) in [4.78, 5) is 24.1. The fourth-order valence-electron chi connectivity index (χ4n) is 8.54. The molecule has 0 heterocycles. The van der Waals surface area contributed by atoms with Crippen LogP contribution in [0.5, 0.6) is 0 Å². The zero-order valence-corrected chi connectivity index (χ0v) is 32.3. The van der Waals surface area contributed by atoms with Crippen LogP contribution in [0, 0.1) is 41.4 Å². The second-order valence-corrected chi connectivity index (χ2v) is 14.7. The summed E-state index contributed by atoms with van der Waals surface area (Å²) in [6, 6.07) is 0. The summed E-state index contributed by atoms with van der Waals surface area (Å²) in [5.74, 6) is 3.20. The Labute approximate surface area is 295 Å². The van der Waals surface area contributed by atoms with Crippen molar-refractivity contribution in [3.8, 4) is 0 Å². The SMILES string of the molecule is CCCCC[C@H](O)/C=C/[C@H]1C(OC(C)=O)C[C@H](O)[C@@H]1C/C=C\CCCC(=O)OCCCCC(CC)C(CC)C(CC)C(CC)C(C)CC. The summed E-state index contributed by atoms with van der Waals surface area (Å²) in [6.07, 6.45) is 22.8. The molecule has 1 aliphatic rings. The van der Waals surface area contributed by atoms with E-state index in [4.69, 9.17) is 9.47 Å². The Morgan fingerprint density at radius 2 is 1.52 bits per heavy atom. The summed E-state index contributed by atoms with van der Waals surface area (Å²) >= 11 is 0. The number of carbonyl (C=O) groups is 2. The van der Waals surface area contributed by atoms with Gasteiger partial charge in [-0.2, -0.15) is 0 Å². The van der Waals surface area contributed by atoms with Gasteiger partial charge in [-0.05, 0) is 74.0 Å². The average Bonchev–Trinajstić information content (AvgIpc) is 3.35. The molecule has 1 rings (SSSR count). The predicted molar refractivity (Wildman–Crippen MR) is 199 cm³/mol. The lowest BCUT2D eigenvalue weighted by Crippen LogP contribution is -2.31. The quantitative estimate of drug-likeness (QED) is 0.0511. The van der Waals surface area contributed by atoms with Crippen LogP contribution in [0.25, 0.3) is 0 Å². The summed E-state index contributed by atoms with van der Waals surface area (Å²) in [5, 5.41) is 21.2. The second kappa shape index (κ2) is 26.2. The first-order chi connectivity index (χ1) is 23.1. The zero-order chi connectivity index (χ0) is 35.9. The molecule has 0 bridgehead atoms. The van der Waals surface area contributed by atoms with E-state index in [-0.39, 0.29) is 29.9 Å². The van der Waals surface area contributed by atoms with Crippen LogP contribution in [-0.2, 0) is 19.1 Å². The normalized spacial score (nSPS) is 23.6. The van der Waals surface area contributed by atoms with Gasteiger partial charge >= 0.3 is 11.9 Å². The fraction of sp³-hybridized carbons (Fsp3) is 0.857. The van der Waals surface area contributed by atoms with Gasteiger partial charge in [0.1, 0.15) is 6.10 Å². The van der Waals surface area contributed by atoms with Gasteiger partial charge in [0.05, 0.1) is 18.8 Å². The van der Waals surface area contributed by atoms with Gasteiger partial charge in [-0.3, -0.25) is 9.59 Å². The molecule has 1 aliphatic carbocycles. The number of aliphatic hydroxyl groups excluding tert-OH is 2. The zero-order valence-electron chi connectivity index (χ0n) is 32.3. The van der Waals surface area contributed by atoms with E-state index in [2.05, 4.69) is 60.6 Å². The van der Waals surface area contributed by atoms with E-state index < -0.39 is 12.2 Å². The number of esters is 2. The lowest BCUT2D eigenvalue weighted by atomic mass is 9.66. The summed E-state index contributed by atoms with van der Waals surface area (Å²) in [6.45, 7) is 18.3. The van der Waals surface area contributed by atoms with Crippen LogP contribution in [0.4, 0.5) is 0 Å². The molecule has 1 saturated carbocycles. The molecule has 0 amide bonds. The maximum atomic E-state index is 12.4. The van der Waals surface area contributed by atoms with Crippen LogP contribution in [-0.4, -0.2) is 47.1 Å². The molecule has 0 radical (unpaired) electrons. The Morgan fingerprint density at radius 3 is 2.12 bits per heavy atom. The van der Waals surface area contributed by atoms with E-state index in [9.17, 15) is 19.8 Å². The van der Waals surface area contributed by atoms with Gasteiger partial charge < -0.3 is 19.7 Å². The molecule has 6 unspecified atom stereocenters. The van der Waals surface area contributed by atoms with Crippen molar-refractivity contribution >= 4 is 11.9 Å². The number of allylic oxidation sites excluding steroid dienone is 2. The molecule has 6 nitrogen and oxygen atoms in total. The van der Waals surface area contributed by atoms with E-state index in [1.165, 1.54) is 45.4 Å². The van der Waals surface area contributed by atoms with Gasteiger partial charge in [-0.1, -0.05) is 131 Å². The van der Waals surface area contributed by atoms with E-state index in [0.717, 1.165) is 74.5 Å². The molecule has 0 aliphatic heterocycles. The highest BCUT2D eigenvalue weighted by Crippen LogP contribution is 2.42. The molecule has 0 spiro atoms. The standard InChI is InChI=1S/C42H76O6/c1-9-15-18-24-34(44)27-28-39-38(40(45)30-41(39)48-32(8)43)25-19-16-17-20-26-42(46)47-29-22-21-23-33(11-3)36(13-5)37(14-6)35(12-4)31(7)10-2/h16,19,27-28,31,33-41,44-45H,9-15,17-18,20-26,29-30H2,1-8H3/b19-16-,28-27+/t31?,33?,34-,35?,36?,37?,38+,39+,40-,41?/m0/s1. The molecule has 48 heavy (non-hydrogen) atoms. The maximum Gasteiger partial charge on any atom is 0.305 e. The fourth-order valence-corrected chi connectivity index (χ4v) is 8.54. The smallest absolute Gasteiger partial charge is 0.305 e. The second-order valence-electron chi connectivity index (χ2n) is 14.7. The minimum Gasteiger partial charge on any atom is -0.466 e. The number of ether oxygens (including phenoxy) is 2. The van der Waals surface area contributed by atoms with Crippen molar-refractivity contribution in [3.63, 3.8) is 0 Å². The average molecular weight is 677 g/mol. The van der Waals surface area contributed by atoms with Crippen molar-refractivity contribution in [2.24, 2.45) is 41.4 Å². The molecule has 1 fully saturated rings. The Bertz CT molecular complexity index is 899. The Morgan fingerprint density at radius 1 is 0.833 bits per heavy atom. The summed E-state index contributed by atoms with van der Waals surface area (Å²) in [5.41, 5.74) is 0. The van der Waals surface area contributed by atoms with Gasteiger partial charge in [-0.25, -0.2) is 0 Å². The highest BCUT2D eigenvalue weighted by molar-refractivity contribution is 5.69. The lowest BCUT2D eigenvalue weighted by Gasteiger charge is -2.39. The van der Waals surface area contributed by atoms with Crippen LogP contribution in [0.1, 0.15) is 165 Å². The number of aliphatic hydroxyl groups is 2. The Balaban J connectivity index is 2.47. The molecule has 10 atom stereocenters. The largest absolute Gasteiger partial charge is 0.466 e. The van der Waals surface area contributed by atoms with Gasteiger partial charge in [0, 0.05) is 25.7 Å². The number of rotatable bonds is 27. The van der Waals surface area contributed by atoms with Gasteiger partial charge in [-0.15, -0.1) is 0 Å². The number of unbranched alkanes of at least 4 members (excludes halogenated alkanes) is 4. The molecular formula is C42H76O6. The van der Waals surface area contributed by atoms with Crippen molar-refractivity contribution in [1.29, 1.82) is 0 Å². The van der Waals surface area contributed by atoms with Gasteiger partial charge in [0.2, 0.25) is 0 Å². The van der Waals surface area contributed by atoms with Gasteiger partial charge in [0.15, 0.2) is 0 Å². The molecule has 2 N–H and O–H groups in total. The Hall–Kier alpha value is -1.66. The monoisotopic (exact) mass is 677 g/mol. The third kappa shape index (κ3) is 16.4. The maximum absolute atomic E-state index is 12.4. The molecule has 0 aromatic carbocycles. The van der Waals surface area contributed by atoms with E-state index in [0.29, 0.717) is 32.3 Å². The first-order valence-corrected chi connectivity index (χ1v) is 20.1. The van der Waals surface area contributed by atoms with Crippen LogP contribution < -0.4 is 0 Å². The summed E-state index contributed by atoms with van der Waals surface area (Å²) < 4.78 is 11.1. The number of carbonyl (C=O) groups excluding carboxylic acids is 2. The minimum absolute atomic E-state index is 0.0876. The third-order valence-electron chi connectivity index (χ3n) is 11.4. The van der Waals surface area contributed by atoms with Crippen molar-refractivity contribution < 1.29 is 29.3 Å². The Kier molecular flexibility index (Phi) is 24.2. The highest BCUT2D eigenvalue weighted by Gasteiger charge is 2.42. The molecule has 0 saturated heterocycles. The molecule has 0 aromatic heterocycles. The molecule has 6 heteroatoms. The highest BCUT2D eigenvalue weighted by atomic mass is 16.5. The molecular weight excluding hydrogens is 600 g/mol. The van der Waals surface area contributed by atoms with Crippen LogP contribution in [0.2, 0.25) is 0 Å². The minimum atomic E-state index is -0.576. The van der Waals surface area contributed by atoms with Crippen molar-refractivity contribution in [1.82, 2.24) is 0 Å². The van der Waals surface area contributed by atoms with Crippen LogP contribution >= 0.6 is 0 Å². The van der Waals surface area contributed by atoms with Gasteiger partial charge in [0.25, 0.3) is 0 Å². The van der Waals surface area contributed by atoms with E-state index in [1.807, 2.05) is 6.08 Å². The van der Waals surface area contributed by atoms with Crippen molar-refractivity contribution in [3.05, 3.63) is 24.3 Å². The van der Waals surface area contributed by atoms with Crippen molar-refractivity contribution in [2.75, 3.05) is 6.61 Å². The number of hydrogen-bond donors (Lipinski definition) is 2. The first-order valence-electron chi connectivity index (χ1n) is 20.1. The topological polar surface area (TPSA) is 93.1 Å². The van der Waals surface area contributed by atoms with E-state index in [1.54, 1.807) is 6.08 Å². The number of hydrogen-bond acceptors (Lipinski definition) is 6. The summed E-state index contributed by atoms with van der Waals surface area (Å²) in [7, 11) is 0. The predicted octanol–water partition coefficient (Wildman–Crippen LogP) is 10.4. The first kappa shape index (κ1) is 44.4. The van der Waals surface area contributed by atoms with Crippen LogP contribution in [0.3, 0.4) is 0 Å². The molecule has 280 valence electrons.